The molecular formula is C59H68O12. The van der Waals surface area contributed by atoms with Gasteiger partial charge in [-0.05, 0) is 83.8 Å². The Morgan fingerprint density at radius 1 is 0.324 bits per heavy atom. The van der Waals surface area contributed by atoms with E-state index in [4.69, 9.17) is 56.8 Å². The Balaban J connectivity index is 0.000000147. The summed E-state index contributed by atoms with van der Waals surface area (Å²) in [6.07, 6.45) is 1.70. The van der Waals surface area contributed by atoms with Crippen molar-refractivity contribution in [2.45, 2.75) is 63.3 Å². The highest BCUT2D eigenvalue weighted by molar-refractivity contribution is 5.50. The summed E-state index contributed by atoms with van der Waals surface area (Å²) in [5.74, 6) is 6.16. The fraction of sp³-hybridized carbons (Fsp3) is 0.390. The van der Waals surface area contributed by atoms with E-state index < -0.39 is 0 Å². The molecule has 0 bridgehead atoms. The zero-order valence-corrected chi connectivity index (χ0v) is 41.1. The van der Waals surface area contributed by atoms with Crippen molar-refractivity contribution >= 4 is 0 Å². The van der Waals surface area contributed by atoms with Crippen LogP contribution in [0.25, 0.3) is 0 Å². The third-order valence-electron chi connectivity index (χ3n) is 10.9. The molecule has 6 unspecified atom stereocenters. The number of para-hydroxylation sites is 4. The quantitative estimate of drug-likeness (QED) is 0.0503. The van der Waals surface area contributed by atoms with Crippen molar-refractivity contribution in [1.29, 1.82) is 0 Å². The van der Waals surface area contributed by atoms with Crippen LogP contribution in [0.15, 0.2) is 164 Å². The summed E-state index contributed by atoms with van der Waals surface area (Å²) < 4.78 is 64.9. The van der Waals surface area contributed by atoms with Crippen LogP contribution in [0.4, 0.5) is 0 Å². The van der Waals surface area contributed by atoms with Gasteiger partial charge in [-0.2, -0.15) is 0 Å². The van der Waals surface area contributed by atoms with Gasteiger partial charge in [0.15, 0.2) is 0 Å². The van der Waals surface area contributed by atoms with Gasteiger partial charge < -0.3 is 56.8 Å². The van der Waals surface area contributed by atoms with Crippen molar-refractivity contribution in [1.82, 2.24) is 0 Å². The molecule has 6 heterocycles. The van der Waals surface area contributed by atoms with E-state index in [9.17, 15) is 0 Å². The van der Waals surface area contributed by atoms with Gasteiger partial charge in [0.1, 0.15) is 111 Å². The third kappa shape index (κ3) is 20.6. The minimum atomic E-state index is -0.00190. The maximum absolute atomic E-state index is 6.17. The van der Waals surface area contributed by atoms with E-state index in [2.05, 4.69) is 57.2 Å². The monoisotopic (exact) mass is 968 g/mol. The Bertz CT molecular complexity index is 2180. The molecule has 0 spiro atoms. The molecule has 12 rings (SSSR count). The van der Waals surface area contributed by atoms with Gasteiger partial charge in [-0.25, -0.2) is 0 Å². The maximum atomic E-state index is 6.17. The highest BCUT2D eigenvalue weighted by atomic mass is 16.6. The lowest BCUT2D eigenvalue weighted by Crippen LogP contribution is -2.10. The summed E-state index contributed by atoms with van der Waals surface area (Å²) in [7, 11) is 0. The first kappa shape index (κ1) is 51.2. The molecular weight excluding hydrogens is 901 g/mol. The number of hydrogen-bond donors (Lipinski definition) is 0. The molecule has 0 N–H and O–H groups in total. The summed E-state index contributed by atoms with van der Waals surface area (Å²) in [4.78, 5) is 0. The van der Waals surface area contributed by atoms with Crippen LogP contribution < -0.4 is 28.4 Å². The predicted octanol–water partition coefficient (Wildman–Crippen LogP) is 10.3. The number of hydrogen-bond acceptors (Lipinski definition) is 12. The van der Waals surface area contributed by atoms with Crippen molar-refractivity contribution < 1.29 is 56.8 Å². The van der Waals surface area contributed by atoms with E-state index in [0.29, 0.717) is 58.0 Å². The van der Waals surface area contributed by atoms with Crippen molar-refractivity contribution in [2.75, 3.05) is 79.3 Å². The molecule has 376 valence electrons. The van der Waals surface area contributed by atoms with Crippen molar-refractivity contribution in [3.63, 3.8) is 0 Å². The first-order valence-corrected chi connectivity index (χ1v) is 24.8. The second-order valence-electron chi connectivity index (χ2n) is 18.4. The molecule has 0 aliphatic carbocycles. The minimum absolute atomic E-state index is 0.00190. The molecule has 6 saturated heterocycles. The molecule has 71 heavy (non-hydrogen) atoms. The van der Waals surface area contributed by atoms with Gasteiger partial charge in [0, 0.05) is 11.5 Å². The maximum Gasteiger partial charge on any atom is 0.123 e. The Kier molecular flexibility index (Phi) is 19.8. The first-order chi connectivity index (χ1) is 34.9. The average molecular weight is 969 g/mol. The molecule has 6 atom stereocenters. The van der Waals surface area contributed by atoms with E-state index in [-0.39, 0.29) is 24.2 Å². The minimum Gasteiger partial charge on any atom is -0.491 e. The van der Waals surface area contributed by atoms with Crippen LogP contribution in [0.5, 0.6) is 34.5 Å². The first-order valence-electron chi connectivity index (χ1n) is 24.8. The second-order valence-corrected chi connectivity index (χ2v) is 18.4. The van der Waals surface area contributed by atoms with Gasteiger partial charge in [0.05, 0.1) is 39.6 Å². The van der Waals surface area contributed by atoms with Crippen LogP contribution >= 0.6 is 0 Å². The van der Waals surface area contributed by atoms with E-state index in [1.807, 2.05) is 127 Å². The average Bonchev–Trinajstić information content (AvgIpc) is 4.18. The van der Waals surface area contributed by atoms with Crippen LogP contribution in [0.3, 0.4) is 0 Å². The molecule has 6 aromatic rings. The highest BCUT2D eigenvalue weighted by Crippen LogP contribution is 2.39. The van der Waals surface area contributed by atoms with Gasteiger partial charge in [-0.3, -0.25) is 0 Å². The molecule has 0 aromatic heterocycles. The molecule has 6 aliphatic heterocycles. The molecule has 6 aliphatic rings. The molecule has 0 saturated carbocycles. The Labute approximate surface area is 418 Å². The van der Waals surface area contributed by atoms with Crippen molar-refractivity contribution in [2.24, 2.45) is 5.92 Å². The summed E-state index contributed by atoms with van der Waals surface area (Å²) in [6, 6.07) is 54.2. The van der Waals surface area contributed by atoms with Gasteiger partial charge in [0.2, 0.25) is 0 Å². The van der Waals surface area contributed by atoms with Crippen molar-refractivity contribution in [3.8, 4) is 34.5 Å². The van der Waals surface area contributed by atoms with Crippen molar-refractivity contribution in [3.05, 3.63) is 180 Å². The fourth-order valence-corrected chi connectivity index (χ4v) is 6.58. The molecule has 12 nitrogen and oxygen atoms in total. The summed E-state index contributed by atoms with van der Waals surface area (Å²) >= 11 is 0. The number of benzene rings is 6. The Hall–Kier alpha value is -6.12. The number of rotatable bonds is 21. The Morgan fingerprint density at radius 3 is 0.845 bits per heavy atom. The lowest BCUT2D eigenvalue weighted by atomic mass is 9.84. The molecule has 0 radical (unpaired) electrons. The molecule has 0 amide bonds. The van der Waals surface area contributed by atoms with E-state index in [1.54, 1.807) is 0 Å². The topological polar surface area (TPSA) is 131 Å². The Morgan fingerprint density at radius 2 is 0.563 bits per heavy atom. The fourth-order valence-electron chi connectivity index (χ4n) is 6.58. The van der Waals surface area contributed by atoms with Crippen LogP contribution in [0.1, 0.15) is 43.4 Å². The van der Waals surface area contributed by atoms with Gasteiger partial charge in [-0.1, -0.05) is 118 Å². The van der Waals surface area contributed by atoms with Crippen LogP contribution in [-0.2, 0) is 28.4 Å². The van der Waals surface area contributed by atoms with Crippen LogP contribution in [-0.4, -0.2) is 116 Å². The SMILES string of the molecule is CC(C)C.c1ccc(C(c2ccc(OCC3CO3)cc2)c2ccc(OCC3CO3)cc2)c(OCC2CO2)c1.c1ccc(OCC2CO2)cc1.c1ccc(OCC2CO2)cc1.c1ccc(OCC2CO2)cc1. The second kappa shape index (κ2) is 27.5. The molecule has 6 fully saturated rings. The third-order valence-corrected chi connectivity index (χ3v) is 10.9. The van der Waals surface area contributed by atoms with Gasteiger partial charge in [-0.15, -0.1) is 0 Å². The summed E-state index contributed by atoms with van der Waals surface area (Å²) in [5, 5.41) is 0. The molecule has 6 aromatic carbocycles. The summed E-state index contributed by atoms with van der Waals surface area (Å²) in [5.41, 5.74) is 3.44. The van der Waals surface area contributed by atoms with Crippen LogP contribution in [0, 0.1) is 5.92 Å². The lowest BCUT2D eigenvalue weighted by Gasteiger charge is -2.22. The normalized spacial score (nSPS) is 21.5. The number of epoxide rings is 6. The van der Waals surface area contributed by atoms with Gasteiger partial charge >= 0.3 is 0 Å². The summed E-state index contributed by atoms with van der Waals surface area (Å²) in [6.45, 7) is 15.2. The molecule has 12 heteroatoms. The van der Waals surface area contributed by atoms with E-state index >= 15 is 0 Å². The predicted molar refractivity (Wildman–Crippen MR) is 272 cm³/mol. The van der Waals surface area contributed by atoms with Crippen LogP contribution in [0.2, 0.25) is 0 Å². The van der Waals surface area contributed by atoms with E-state index in [0.717, 1.165) is 96.7 Å². The largest absolute Gasteiger partial charge is 0.491 e. The zero-order valence-electron chi connectivity index (χ0n) is 41.1. The smallest absolute Gasteiger partial charge is 0.123 e. The zero-order chi connectivity index (χ0) is 48.9. The standard InChI is InChI=1S/C28H28O6.3C9H10O2.C4H10/c1-2-4-27(34-18-25-17-33-25)26(3-1)28(19-5-9-21(10-6-19)29-13-23-15-31-23)20-7-11-22(12-8-20)30-14-24-16-32-24;3*1-2-4-8(5-3-1)10-6-9-7-11-9;1-4(2)3/h1-12,23-25,28H,13-18H2;3*1-5,9H,6-7H2;4H,1-3H3. The van der Waals surface area contributed by atoms with E-state index in [1.165, 1.54) is 0 Å². The highest BCUT2D eigenvalue weighted by Gasteiger charge is 2.28. The lowest BCUT2D eigenvalue weighted by molar-refractivity contribution is 0.260. The van der Waals surface area contributed by atoms with Gasteiger partial charge in [0.25, 0.3) is 0 Å². The number of ether oxygens (including phenoxy) is 12.